The highest BCUT2D eigenvalue weighted by Gasteiger charge is 2.16. The van der Waals surface area contributed by atoms with E-state index in [0.29, 0.717) is 11.4 Å². The lowest BCUT2D eigenvalue weighted by molar-refractivity contribution is 0.623. The summed E-state index contributed by atoms with van der Waals surface area (Å²) < 4.78 is 13.6. The molecule has 1 aliphatic rings. The molecule has 14 heavy (non-hydrogen) atoms. The van der Waals surface area contributed by atoms with E-state index in [1.54, 1.807) is 6.07 Å². The van der Waals surface area contributed by atoms with Crippen LogP contribution in [-0.4, -0.2) is 13.1 Å². The first-order valence-electron chi connectivity index (χ1n) is 4.64. The summed E-state index contributed by atoms with van der Waals surface area (Å²) in [4.78, 5) is 1.97. The number of benzene rings is 1. The summed E-state index contributed by atoms with van der Waals surface area (Å²) in [6.07, 6.45) is 4.06. The zero-order valence-corrected chi connectivity index (χ0v) is 8.13. The van der Waals surface area contributed by atoms with Gasteiger partial charge in [0.15, 0.2) is 0 Å². The van der Waals surface area contributed by atoms with Crippen molar-refractivity contribution in [2.45, 2.75) is 6.92 Å². The van der Waals surface area contributed by atoms with Gasteiger partial charge < -0.3 is 10.6 Å². The second-order valence-corrected chi connectivity index (χ2v) is 3.49. The van der Waals surface area contributed by atoms with E-state index in [-0.39, 0.29) is 5.82 Å². The van der Waals surface area contributed by atoms with Gasteiger partial charge in [-0.25, -0.2) is 4.39 Å². The van der Waals surface area contributed by atoms with Gasteiger partial charge in [-0.15, -0.1) is 0 Å². The van der Waals surface area contributed by atoms with Crippen molar-refractivity contribution in [1.29, 1.82) is 0 Å². The van der Waals surface area contributed by atoms with Gasteiger partial charge in [0, 0.05) is 18.8 Å². The summed E-state index contributed by atoms with van der Waals surface area (Å²) in [5, 5.41) is 0. The molecule has 0 amide bonds. The van der Waals surface area contributed by atoms with E-state index in [9.17, 15) is 4.39 Å². The van der Waals surface area contributed by atoms with Crippen LogP contribution in [0.25, 0.3) is 0 Å². The topological polar surface area (TPSA) is 29.3 Å². The maximum Gasteiger partial charge on any atom is 0.146 e. The Morgan fingerprint density at radius 3 is 2.57 bits per heavy atom. The van der Waals surface area contributed by atoms with Crippen LogP contribution >= 0.6 is 0 Å². The van der Waals surface area contributed by atoms with Gasteiger partial charge in [0.25, 0.3) is 0 Å². The lowest BCUT2D eigenvalue weighted by Crippen LogP contribution is -2.21. The van der Waals surface area contributed by atoms with Gasteiger partial charge >= 0.3 is 0 Å². The van der Waals surface area contributed by atoms with Crippen molar-refractivity contribution >= 4 is 11.4 Å². The Kier molecular flexibility index (Phi) is 2.15. The predicted molar refractivity (Wildman–Crippen MR) is 56.9 cm³/mol. The van der Waals surface area contributed by atoms with E-state index in [1.807, 2.05) is 24.0 Å². The van der Waals surface area contributed by atoms with Gasteiger partial charge in [-0.3, -0.25) is 0 Å². The predicted octanol–water partition coefficient (Wildman–Crippen LogP) is 2.09. The van der Waals surface area contributed by atoms with Crippen LogP contribution in [0.3, 0.4) is 0 Å². The maximum atomic E-state index is 13.6. The molecule has 3 heteroatoms. The quantitative estimate of drug-likeness (QED) is 0.545. The number of hydrogen-bond donors (Lipinski definition) is 1. The van der Waals surface area contributed by atoms with Crippen molar-refractivity contribution < 1.29 is 4.39 Å². The molecule has 1 aromatic rings. The molecule has 2 nitrogen and oxygen atoms in total. The van der Waals surface area contributed by atoms with E-state index in [4.69, 9.17) is 5.73 Å². The molecule has 0 atom stereocenters. The van der Waals surface area contributed by atoms with E-state index in [2.05, 4.69) is 0 Å². The smallest absolute Gasteiger partial charge is 0.146 e. The Hall–Kier alpha value is -1.51. The van der Waals surface area contributed by atoms with Crippen LogP contribution in [0.1, 0.15) is 5.56 Å². The van der Waals surface area contributed by atoms with Gasteiger partial charge in [0.2, 0.25) is 0 Å². The molecule has 0 aromatic heterocycles. The fraction of sp³-hybridized carbons (Fsp3) is 0.273. The van der Waals surface area contributed by atoms with Crippen LogP contribution in [-0.2, 0) is 0 Å². The van der Waals surface area contributed by atoms with E-state index in [0.717, 1.165) is 18.7 Å². The summed E-state index contributed by atoms with van der Waals surface area (Å²) in [6.45, 7) is 3.38. The Morgan fingerprint density at radius 1 is 1.29 bits per heavy atom. The van der Waals surface area contributed by atoms with Crippen molar-refractivity contribution in [3.8, 4) is 0 Å². The highest BCUT2D eigenvalue weighted by molar-refractivity contribution is 5.66. The van der Waals surface area contributed by atoms with Crippen molar-refractivity contribution in [1.82, 2.24) is 0 Å². The van der Waals surface area contributed by atoms with Gasteiger partial charge in [-0.1, -0.05) is 12.2 Å². The lowest BCUT2D eigenvalue weighted by atomic mass is 10.1. The normalized spacial score (nSPS) is 15.1. The molecule has 0 fully saturated rings. The molecule has 0 bridgehead atoms. The Balaban J connectivity index is 2.45. The zero-order valence-electron chi connectivity index (χ0n) is 8.13. The van der Waals surface area contributed by atoms with Gasteiger partial charge in [0.05, 0.1) is 5.69 Å². The number of anilines is 2. The molecule has 0 unspecified atom stereocenters. The van der Waals surface area contributed by atoms with Crippen LogP contribution in [0.5, 0.6) is 0 Å². The molecular weight excluding hydrogens is 179 g/mol. The Morgan fingerprint density at radius 2 is 1.93 bits per heavy atom. The largest absolute Gasteiger partial charge is 0.398 e. The van der Waals surface area contributed by atoms with Gasteiger partial charge in [0.1, 0.15) is 5.82 Å². The van der Waals surface area contributed by atoms with Crippen LogP contribution in [0.15, 0.2) is 24.3 Å². The number of nitrogens with zero attached hydrogens (tertiary/aromatic N) is 1. The molecule has 2 N–H and O–H groups in total. The maximum absolute atomic E-state index is 13.6. The number of nitrogens with two attached hydrogens (primary N) is 1. The minimum atomic E-state index is -0.194. The van der Waals surface area contributed by atoms with Crippen molar-refractivity contribution in [2.24, 2.45) is 0 Å². The number of nitrogen functional groups attached to an aromatic ring is 1. The molecule has 0 aliphatic carbocycles. The summed E-state index contributed by atoms with van der Waals surface area (Å²) in [6, 6.07) is 3.04. The van der Waals surface area contributed by atoms with E-state index < -0.39 is 0 Å². The van der Waals surface area contributed by atoms with Crippen molar-refractivity contribution in [2.75, 3.05) is 23.7 Å². The molecule has 74 valence electrons. The Bertz CT molecular complexity index is 377. The summed E-state index contributed by atoms with van der Waals surface area (Å²) in [7, 11) is 0. The second kappa shape index (κ2) is 3.33. The third-order valence-electron chi connectivity index (χ3n) is 2.56. The average Bonchev–Trinajstić information content (AvgIpc) is 2.65. The molecule has 0 saturated carbocycles. The second-order valence-electron chi connectivity index (χ2n) is 3.49. The molecule has 0 radical (unpaired) electrons. The van der Waals surface area contributed by atoms with E-state index >= 15 is 0 Å². The number of rotatable bonds is 1. The fourth-order valence-electron chi connectivity index (χ4n) is 1.73. The van der Waals surface area contributed by atoms with E-state index in [1.165, 1.54) is 6.07 Å². The fourth-order valence-corrected chi connectivity index (χ4v) is 1.73. The third kappa shape index (κ3) is 1.35. The highest BCUT2D eigenvalue weighted by atomic mass is 19.1. The molecule has 0 spiro atoms. The van der Waals surface area contributed by atoms with Crippen molar-refractivity contribution in [3.63, 3.8) is 0 Å². The van der Waals surface area contributed by atoms with Crippen LogP contribution in [0.2, 0.25) is 0 Å². The number of halogens is 1. The van der Waals surface area contributed by atoms with Crippen molar-refractivity contribution in [3.05, 3.63) is 35.7 Å². The van der Waals surface area contributed by atoms with Gasteiger partial charge in [-0.2, -0.15) is 0 Å². The number of hydrogen-bond acceptors (Lipinski definition) is 2. The third-order valence-corrected chi connectivity index (χ3v) is 2.56. The Labute approximate surface area is 82.8 Å². The SMILES string of the molecule is Cc1c(N)ccc(F)c1N1CC=CC1. The summed E-state index contributed by atoms with van der Waals surface area (Å²) in [5.74, 6) is -0.194. The average molecular weight is 192 g/mol. The summed E-state index contributed by atoms with van der Waals surface area (Å²) in [5.41, 5.74) is 7.85. The minimum Gasteiger partial charge on any atom is -0.398 e. The first kappa shape index (κ1) is 9.06. The van der Waals surface area contributed by atoms with Gasteiger partial charge in [-0.05, 0) is 24.6 Å². The molecule has 2 rings (SSSR count). The molecule has 1 aromatic carbocycles. The minimum absolute atomic E-state index is 0.194. The van der Waals surface area contributed by atoms with Crippen LogP contribution < -0.4 is 10.6 Å². The van der Waals surface area contributed by atoms with Crippen LogP contribution in [0.4, 0.5) is 15.8 Å². The molecule has 1 aliphatic heterocycles. The first-order chi connectivity index (χ1) is 6.70. The highest BCUT2D eigenvalue weighted by Crippen LogP contribution is 2.29. The lowest BCUT2D eigenvalue weighted by Gasteiger charge is -2.21. The van der Waals surface area contributed by atoms with Crippen LogP contribution in [0, 0.1) is 12.7 Å². The summed E-state index contributed by atoms with van der Waals surface area (Å²) >= 11 is 0. The first-order valence-corrected chi connectivity index (χ1v) is 4.64. The molecular formula is C11H13FN2. The zero-order chi connectivity index (χ0) is 10.1. The monoisotopic (exact) mass is 192 g/mol. The molecule has 1 heterocycles. The standard InChI is InChI=1S/C11H13FN2/c1-8-10(13)5-4-9(12)11(8)14-6-2-3-7-14/h2-5H,6-7,13H2,1H3. The molecule has 0 saturated heterocycles.